The molecule has 0 spiro atoms. The van der Waals surface area contributed by atoms with E-state index in [2.05, 4.69) is 5.32 Å². The second kappa shape index (κ2) is 12.4. The molecule has 0 aromatic rings. The zero-order chi connectivity index (χ0) is 13.9. The number of halogens is 1. The first-order valence-corrected chi connectivity index (χ1v) is 7.37. The normalized spacial score (nSPS) is 17.3. The number of nitrogens with two attached hydrogens (primary N) is 1. The minimum atomic E-state index is -0.182. The Bertz CT molecular complexity index is 245. The van der Waals surface area contributed by atoms with Crippen LogP contribution >= 0.6 is 12.4 Å². The summed E-state index contributed by atoms with van der Waals surface area (Å²) in [6.07, 6.45) is 7.77. The van der Waals surface area contributed by atoms with E-state index in [0.717, 1.165) is 13.0 Å². The molecule has 1 saturated carbocycles. The van der Waals surface area contributed by atoms with Gasteiger partial charge in [-0.15, -0.1) is 12.4 Å². The molecule has 0 aliphatic heterocycles. The molecular weight excluding hydrogens is 280 g/mol. The number of amides is 1. The SMILES string of the molecule is COC(CN)CC(=O)NCCCOC1CCCCC1.Cl. The summed E-state index contributed by atoms with van der Waals surface area (Å²) in [5, 5.41) is 2.87. The molecule has 20 heavy (non-hydrogen) atoms. The van der Waals surface area contributed by atoms with E-state index in [9.17, 15) is 4.79 Å². The van der Waals surface area contributed by atoms with Crippen LogP contribution in [0.15, 0.2) is 0 Å². The van der Waals surface area contributed by atoms with Crippen LogP contribution in [0.25, 0.3) is 0 Å². The highest BCUT2D eigenvalue weighted by Gasteiger charge is 2.13. The van der Waals surface area contributed by atoms with Gasteiger partial charge in [-0.3, -0.25) is 4.79 Å². The van der Waals surface area contributed by atoms with Gasteiger partial charge in [0.2, 0.25) is 5.91 Å². The summed E-state index contributed by atoms with van der Waals surface area (Å²) in [5.74, 6) is -0.00466. The molecular formula is C14H29ClN2O3. The Labute approximate surface area is 128 Å². The number of hydrogen-bond donors (Lipinski definition) is 2. The van der Waals surface area contributed by atoms with Crippen molar-refractivity contribution in [3.05, 3.63) is 0 Å². The lowest BCUT2D eigenvalue weighted by atomic mass is 9.98. The Morgan fingerprint density at radius 2 is 2.05 bits per heavy atom. The van der Waals surface area contributed by atoms with E-state index in [1.54, 1.807) is 7.11 Å². The predicted molar refractivity (Wildman–Crippen MR) is 82.2 cm³/mol. The van der Waals surface area contributed by atoms with Crippen molar-refractivity contribution in [3.63, 3.8) is 0 Å². The van der Waals surface area contributed by atoms with E-state index >= 15 is 0 Å². The summed E-state index contributed by atoms with van der Waals surface area (Å²) in [4.78, 5) is 11.5. The fourth-order valence-corrected chi connectivity index (χ4v) is 2.32. The van der Waals surface area contributed by atoms with Crippen LogP contribution in [0.5, 0.6) is 0 Å². The number of carbonyl (C=O) groups excluding carboxylic acids is 1. The van der Waals surface area contributed by atoms with Crippen LogP contribution < -0.4 is 11.1 Å². The monoisotopic (exact) mass is 308 g/mol. The molecule has 1 atom stereocenters. The molecule has 1 aliphatic rings. The fraction of sp³-hybridized carbons (Fsp3) is 0.929. The maximum Gasteiger partial charge on any atom is 0.222 e. The van der Waals surface area contributed by atoms with E-state index in [4.69, 9.17) is 15.2 Å². The van der Waals surface area contributed by atoms with Crippen LogP contribution in [0.4, 0.5) is 0 Å². The van der Waals surface area contributed by atoms with Crippen molar-refractivity contribution < 1.29 is 14.3 Å². The van der Waals surface area contributed by atoms with Gasteiger partial charge in [0.15, 0.2) is 0 Å². The van der Waals surface area contributed by atoms with Crippen molar-refractivity contribution in [3.8, 4) is 0 Å². The number of hydrogen-bond acceptors (Lipinski definition) is 4. The third-order valence-corrected chi connectivity index (χ3v) is 3.56. The van der Waals surface area contributed by atoms with Gasteiger partial charge in [0, 0.05) is 26.8 Å². The molecule has 1 amide bonds. The number of methoxy groups -OCH3 is 1. The van der Waals surface area contributed by atoms with Crippen molar-refractivity contribution in [2.75, 3.05) is 26.8 Å². The molecule has 0 saturated heterocycles. The van der Waals surface area contributed by atoms with Crippen LogP contribution in [0.1, 0.15) is 44.9 Å². The highest BCUT2D eigenvalue weighted by atomic mass is 35.5. The van der Waals surface area contributed by atoms with Gasteiger partial charge in [0.1, 0.15) is 0 Å². The van der Waals surface area contributed by atoms with Crippen LogP contribution in [-0.4, -0.2) is 44.9 Å². The largest absolute Gasteiger partial charge is 0.380 e. The average Bonchev–Trinajstić information content (AvgIpc) is 2.45. The molecule has 1 fully saturated rings. The maximum atomic E-state index is 11.5. The number of rotatable bonds is 9. The lowest BCUT2D eigenvalue weighted by Gasteiger charge is -2.22. The number of ether oxygens (including phenoxy) is 2. The summed E-state index contributed by atoms with van der Waals surface area (Å²) < 4.78 is 10.9. The molecule has 5 nitrogen and oxygen atoms in total. The molecule has 0 aromatic heterocycles. The Morgan fingerprint density at radius 1 is 1.35 bits per heavy atom. The van der Waals surface area contributed by atoms with Crippen LogP contribution in [0, 0.1) is 0 Å². The van der Waals surface area contributed by atoms with Crippen molar-refractivity contribution >= 4 is 18.3 Å². The molecule has 3 N–H and O–H groups in total. The minimum absolute atomic E-state index is 0. The van der Waals surface area contributed by atoms with E-state index in [-0.39, 0.29) is 24.4 Å². The second-order valence-corrected chi connectivity index (χ2v) is 5.13. The highest BCUT2D eigenvalue weighted by molar-refractivity contribution is 5.85. The van der Waals surface area contributed by atoms with E-state index in [1.165, 1.54) is 32.1 Å². The molecule has 1 aliphatic carbocycles. The van der Waals surface area contributed by atoms with Gasteiger partial charge in [-0.25, -0.2) is 0 Å². The van der Waals surface area contributed by atoms with Crippen LogP contribution in [0.2, 0.25) is 0 Å². The summed E-state index contributed by atoms with van der Waals surface area (Å²) in [6.45, 7) is 1.76. The van der Waals surface area contributed by atoms with Gasteiger partial charge < -0.3 is 20.5 Å². The summed E-state index contributed by atoms with van der Waals surface area (Å²) in [7, 11) is 1.57. The number of nitrogens with one attached hydrogen (secondary N) is 1. The smallest absolute Gasteiger partial charge is 0.222 e. The molecule has 6 heteroatoms. The fourth-order valence-electron chi connectivity index (χ4n) is 2.32. The van der Waals surface area contributed by atoms with Crippen LogP contribution in [0.3, 0.4) is 0 Å². The second-order valence-electron chi connectivity index (χ2n) is 5.13. The Hall–Kier alpha value is -0.360. The number of carbonyl (C=O) groups is 1. The van der Waals surface area contributed by atoms with Gasteiger partial charge in [-0.2, -0.15) is 0 Å². The molecule has 0 radical (unpaired) electrons. The zero-order valence-corrected chi connectivity index (χ0v) is 13.3. The highest BCUT2D eigenvalue weighted by Crippen LogP contribution is 2.20. The quantitative estimate of drug-likeness (QED) is 0.635. The Kier molecular flexibility index (Phi) is 12.2. The zero-order valence-electron chi connectivity index (χ0n) is 12.4. The Balaban J connectivity index is 0.00000361. The first kappa shape index (κ1) is 19.6. The van der Waals surface area contributed by atoms with Gasteiger partial charge in [0.25, 0.3) is 0 Å². The standard InChI is InChI=1S/C14H28N2O3.ClH/c1-18-13(11-15)10-14(17)16-8-5-9-19-12-6-3-2-4-7-12;/h12-13H,2-11,15H2,1H3,(H,16,17);1H. The van der Waals surface area contributed by atoms with Gasteiger partial charge in [0.05, 0.1) is 18.6 Å². The van der Waals surface area contributed by atoms with E-state index in [0.29, 0.717) is 25.6 Å². The lowest BCUT2D eigenvalue weighted by molar-refractivity contribution is -0.123. The first-order valence-electron chi connectivity index (χ1n) is 7.37. The molecule has 0 bridgehead atoms. The predicted octanol–water partition coefficient (Wildman–Crippen LogP) is 1.63. The summed E-state index contributed by atoms with van der Waals surface area (Å²) in [6, 6.07) is 0. The molecule has 0 aromatic carbocycles. The first-order chi connectivity index (χ1) is 9.26. The van der Waals surface area contributed by atoms with E-state index in [1.807, 2.05) is 0 Å². The maximum absolute atomic E-state index is 11.5. The lowest BCUT2D eigenvalue weighted by Crippen LogP contribution is -2.33. The van der Waals surface area contributed by atoms with Crippen molar-refractivity contribution in [2.45, 2.75) is 57.2 Å². The Morgan fingerprint density at radius 3 is 2.65 bits per heavy atom. The average molecular weight is 309 g/mol. The minimum Gasteiger partial charge on any atom is -0.380 e. The van der Waals surface area contributed by atoms with Crippen molar-refractivity contribution in [1.82, 2.24) is 5.32 Å². The third-order valence-electron chi connectivity index (χ3n) is 3.56. The van der Waals surface area contributed by atoms with Gasteiger partial charge in [-0.05, 0) is 19.3 Å². The topological polar surface area (TPSA) is 73.6 Å². The molecule has 120 valence electrons. The van der Waals surface area contributed by atoms with Crippen molar-refractivity contribution in [1.29, 1.82) is 0 Å². The third kappa shape index (κ3) is 8.74. The van der Waals surface area contributed by atoms with Gasteiger partial charge in [-0.1, -0.05) is 19.3 Å². The summed E-state index contributed by atoms with van der Waals surface area (Å²) >= 11 is 0. The van der Waals surface area contributed by atoms with Gasteiger partial charge >= 0.3 is 0 Å². The van der Waals surface area contributed by atoms with Crippen LogP contribution in [-0.2, 0) is 14.3 Å². The molecule has 0 heterocycles. The molecule has 1 rings (SSSR count). The summed E-state index contributed by atoms with van der Waals surface area (Å²) in [5.41, 5.74) is 5.47. The van der Waals surface area contributed by atoms with Crippen molar-refractivity contribution in [2.24, 2.45) is 5.73 Å². The molecule has 1 unspecified atom stereocenters. The van der Waals surface area contributed by atoms with E-state index < -0.39 is 0 Å².